The molecule has 0 spiro atoms. The minimum atomic E-state index is -0.810. The molecule has 0 radical (unpaired) electrons. The molecule has 44 heavy (non-hydrogen) atoms. The molecule has 230 valence electrons. The lowest BCUT2D eigenvalue weighted by Crippen LogP contribution is -2.38. The lowest BCUT2D eigenvalue weighted by Gasteiger charge is -2.35. The van der Waals surface area contributed by atoms with E-state index in [1.54, 1.807) is 19.0 Å². The van der Waals surface area contributed by atoms with Gasteiger partial charge < -0.3 is 20.0 Å². The number of likely N-dealkylation sites (tertiary alicyclic amines) is 1. The number of aromatic nitrogens is 3. The molecule has 3 N–H and O–H groups in total. The van der Waals surface area contributed by atoms with Crippen LogP contribution in [-0.4, -0.2) is 89.7 Å². The number of aryl methyl sites for hydroxylation is 2. The second kappa shape index (κ2) is 12.5. The maximum absolute atomic E-state index is 13.0. The fourth-order valence-electron chi connectivity index (χ4n) is 6.68. The number of H-pyrrole nitrogens is 2. The zero-order chi connectivity index (χ0) is 31.6. The second-order valence-corrected chi connectivity index (χ2v) is 12.2. The number of nitriles is 1. The third kappa shape index (κ3) is 5.67. The van der Waals surface area contributed by atoms with Crippen molar-refractivity contribution >= 4 is 11.6 Å². The topological polar surface area (TPSA) is 124 Å². The van der Waals surface area contributed by atoms with E-state index in [1.165, 1.54) is 0 Å². The number of amides is 1. The maximum Gasteiger partial charge on any atom is 0.340 e. The average molecular weight is 595 g/mol. The number of carbonyl (C=O) groups excluding carboxylic acids is 1. The number of nitrogens with zero attached hydrogens (tertiary/aromatic N) is 5. The van der Waals surface area contributed by atoms with Crippen LogP contribution in [0.3, 0.4) is 0 Å². The average Bonchev–Trinajstić information content (AvgIpc) is 3.66. The molecule has 0 saturated carbocycles. The highest BCUT2D eigenvalue weighted by molar-refractivity contribution is 5.94. The highest BCUT2D eigenvalue weighted by Crippen LogP contribution is 2.46. The number of aromatic amines is 2. The first-order valence-electron chi connectivity index (χ1n) is 15.1. The van der Waals surface area contributed by atoms with E-state index in [0.29, 0.717) is 30.9 Å². The zero-order valence-corrected chi connectivity index (χ0v) is 26.2. The van der Waals surface area contributed by atoms with Gasteiger partial charge >= 0.3 is 5.69 Å². The Hall–Kier alpha value is -4.62. The van der Waals surface area contributed by atoms with Crippen molar-refractivity contribution in [2.24, 2.45) is 0 Å². The standard InChI is InChI=1S/C34H42N8O2/c1-22(42-17-7-8-28(42)20-35)21-36-16-15-34(32-37-33(44)39-38-32)29-13-11-24(23(2)40(3)4)18-25(29)9-10-26-19-27(12-14-30(26)34)31(43)41(5)6/h11-14,18-19,28,36H,1-2,7-10,15-17,21H2,3-6H3,(H2,37,38,39,44). The number of benzene rings is 2. The molecular weight excluding hydrogens is 552 g/mol. The maximum atomic E-state index is 13.0. The Bertz CT molecular complexity index is 1600. The SMILES string of the molecule is C=C(c1ccc2c(c1)CCc1cc(C(=O)N(C)C)ccc1C2(CCNCC(=C)N1CCCC1C#N)c1n[nH]c(=O)[nH]1)N(C)C. The minimum Gasteiger partial charge on any atom is -0.378 e. The van der Waals surface area contributed by atoms with Crippen LogP contribution in [0.5, 0.6) is 0 Å². The number of carbonyl (C=O) groups is 1. The van der Waals surface area contributed by atoms with Crippen molar-refractivity contribution in [3.63, 3.8) is 0 Å². The predicted octanol–water partition coefficient (Wildman–Crippen LogP) is 3.25. The summed E-state index contributed by atoms with van der Waals surface area (Å²) < 4.78 is 0. The van der Waals surface area contributed by atoms with Crippen LogP contribution in [0.1, 0.15) is 63.3 Å². The van der Waals surface area contributed by atoms with Gasteiger partial charge in [-0.2, -0.15) is 10.4 Å². The van der Waals surface area contributed by atoms with E-state index >= 15 is 0 Å². The van der Waals surface area contributed by atoms with E-state index in [1.807, 2.05) is 37.2 Å². The van der Waals surface area contributed by atoms with Gasteiger partial charge in [-0.1, -0.05) is 31.4 Å². The molecule has 1 aliphatic carbocycles. The summed E-state index contributed by atoms with van der Waals surface area (Å²) in [5.41, 5.74) is 6.54. The van der Waals surface area contributed by atoms with Crippen molar-refractivity contribution in [1.82, 2.24) is 35.2 Å². The molecule has 1 fully saturated rings. The molecule has 10 heteroatoms. The lowest BCUT2D eigenvalue weighted by atomic mass is 9.69. The van der Waals surface area contributed by atoms with Crippen molar-refractivity contribution in [3.05, 3.63) is 105 Å². The molecule has 1 amide bonds. The largest absolute Gasteiger partial charge is 0.378 e. The monoisotopic (exact) mass is 594 g/mol. The Kier molecular flexibility index (Phi) is 8.79. The quantitative estimate of drug-likeness (QED) is 0.308. The normalized spacial score (nSPS) is 19.0. The van der Waals surface area contributed by atoms with Gasteiger partial charge in [0.05, 0.1) is 11.5 Å². The van der Waals surface area contributed by atoms with E-state index in [-0.39, 0.29) is 17.6 Å². The number of rotatable bonds is 10. The summed E-state index contributed by atoms with van der Waals surface area (Å²) in [6.45, 7) is 10.5. The Morgan fingerprint density at radius 3 is 2.34 bits per heavy atom. The zero-order valence-electron chi connectivity index (χ0n) is 26.2. The van der Waals surface area contributed by atoms with E-state index in [4.69, 9.17) is 0 Å². The molecule has 2 aliphatic rings. The van der Waals surface area contributed by atoms with Gasteiger partial charge in [-0.05, 0) is 84.7 Å². The van der Waals surface area contributed by atoms with Crippen LogP contribution in [0.15, 0.2) is 60.0 Å². The molecule has 10 nitrogen and oxygen atoms in total. The number of hydrogen-bond donors (Lipinski definition) is 3. The smallest absolute Gasteiger partial charge is 0.340 e. The van der Waals surface area contributed by atoms with Crippen LogP contribution in [0.4, 0.5) is 0 Å². The first kappa shape index (κ1) is 30.8. The summed E-state index contributed by atoms with van der Waals surface area (Å²) in [6, 6.07) is 14.6. The third-order valence-corrected chi connectivity index (χ3v) is 9.04. The van der Waals surface area contributed by atoms with Crippen molar-refractivity contribution in [2.45, 2.75) is 43.6 Å². The van der Waals surface area contributed by atoms with Crippen molar-refractivity contribution in [2.75, 3.05) is 47.8 Å². The summed E-state index contributed by atoms with van der Waals surface area (Å²) in [6.07, 6.45) is 3.90. The Labute approximate surface area is 259 Å². The third-order valence-electron chi connectivity index (χ3n) is 9.04. The van der Waals surface area contributed by atoms with Gasteiger partial charge in [0.2, 0.25) is 0 Å². The molecule has 5 rings (SSSR count). The van der Waals surface area contributed by atoms with Gasteiger partial charge in [0.25, 0.3) is 5.91 Å². The molecule has 2 atom stereocenters. The number of nitrogens with one attached hydrogen (secondary N) is 3. The second-order valence-electron chi connectivity index (χ2n) is 12.2. The summed E-state index contributed by atoms with van der Waals surface area (Å²) >= 11 is 0. The van der Waals surface area contributed by atoms with Crippen LogP contribution < -0.4 is 11.0 Å². The molecule has 2 aromatic carbocycles. The van der Waals surface area contributed by atoms with Crippen LogP contribution >= 0.6 is 0 Å². The van der Waals surface area contributed by atoms with E-state index in [0.717, 1.165) is 71.4 Å². The fourth-order valence-corrected chi connectivity index (χ4v) is 6.68. The van der Waals surface area contributed by atoms with Gasteiger partial charge in [0.1, 0.15) is 11.9 Å². The lowest BCUT2D eigenvalue weighted by molar-refractivity contribution is 0.0827. The fraction of sp³-hybridized carbons (Fsp3) is 0.412. The van der Waals surface area contributed by atoms with Gasteiger partial charge in [0, 0.05) is 58.2 Å². The molecule has 1 saturated heterocycles. The van der Waals surface area contributed by atoms with E-state index in [9.17, 15) is 14.9 Å². The molecule has 1 aromatic heterocycles. The summed E-state index contributed by atoms with van der Waals surface area (Å²) in [5, 5.41) is 20.3. The summed E-state index contributed by atoms with van der Waals surface area (Å²) in [7, 11) is 7.46. The van der Waals surface area contributed by atoms with E-state index < -0.39 is 5.41 Å². The van der Waals surface area contributed by atoms with Crippen LogP contribution in [0, 0.1) is 11.3 Å². The van der Waals surface area contributed by atoms with Crippen LogP contribution in [-0.2, 0) is 18.3 Å². The van der Waals surface area contributed by atoms with Crippen LogP contribution in [0.2, 0.25) is 0 Å². The Morgan fingerprint density at radius 1 is 1.09 bits per heavy atom. The Morgan fingerprint density at radius 2 is 1.75 bits per heavy atom. The van der Waals surface area contributed by atoms with Gasteiger partial charge in [-0.25, -0.2) is 9.89 Å². The van der Waals surface area contributed by atoms with E-state index in [2.05, 4.69) is 62.8 Å². The highest BCUT2D eigenvalue weighted by atomic mass is 16.2. The van der Waals surface area contributed by atoms with Crippen molar-refractivity contribution in [1.29, 1.82) is 5.26 Å². The first-order chi connectivity index (χ1) is 21.1. The Balaban J connectivity index is 1.60. The molecule has 2 unspecified atom stereocenters. The van der Waals surface area contributed by atoms with Gasteiger partial charge in [-0.3, -0.25) is 9.78 Å². The molecule has 2 heterocycles. The van der Waals surface area contributed by atoms with Crippen molar-refractivity contribution < 1.29 is 4.79 Å². The van der Waals surface area contributed by atoms with Gasteiger partial charge in [-0.15, -0.1) is 0 Å². The number of hydrogen-bond acceptors (Lipinski definition) is 7. The minimum absolute atomic E-state index is 0.0596. The predicted molar refractivity (Wildman–Crippen MR) is 172 cm³/mol. The highest BCUT2D eigenvalue weighted by Gasteiger charge is 2.44. The molecule has 0 bridgehead atoms. The van der Waals surface area contributed by atoms with Gasteiger partial charge in [0.15, 0.2) is 0 Å². The molecule has 1 aliphatic heterocycles. The van der Waals surface area contributed by atoms with Crippen LogP contribution in [0.25, 0.3) is 5.70 Å². The molecular formula is C34H42N8O2. The van der Waals surface area contributed by atoms with Crippen molar-refractivity contribution in [3.8, 4) is 6.07 Å². The first-order valence-corrected chi connectivity index (χ1v) is 15.1. The summed E-state index contributed by atoms with van der Waals surface area (Å²) in [5.74, 6) is 0.471. The molecule has 3 aromatic rings. The number of fused-ring (bicyclic) bond motifs is 2. The summed E-state index contributed by atoms with van der Waals surface area (Å²) in [4.78, 5) is 34.2.